The summed E-state index contributed by atoms with van der Waals surface area (Å²) in [5, 5.41) is 18.0. The predicted octanol–water partition coefficient (Wildman–Crippen LogP) is 5.88. The number of nitrogens with one attached hydrogen (secondary N) is 3. The zero-order chi connectivity index (χ0) is 42.2. The Labute approximate surface area is 349 Å². The molecule has 18 heteroatoms. The number of nitriles is 1. The molecule has 4 aliphatic rings. The lowest BCUT2D eigenvalue weighted by atomic mass is 10.0. The van der Waals surface area contributed by atoms with Crippen molar-refractivity contribution >= 4 is 75.3 Å². The Hall–Kier alpha value is -5.28. The number of imide groups is 1. The second kappa shape index (κ2) is 16.8. The summed E-state index contributed by atoms with van der Waals surface area (Å²) in [6, 6.07) is 14.7. The summed E-state index contributed by atoms with van der Waals surface area (Å²) in [5.74, 6) is -0.428. The molecule has 1 saturated carbocycles. The van der Waals surface area contributed by atoms with Gasteiger partial charge in [-0.25, -0.2) is 0 Å². The number of nitrogens with zero attached hydrogens (tertiary/aromatic N) is 5. The maximum Gasteiger partial charge on any atom is 0.417 e. The molecule has 0 radical (unpaired) electrons. The van der Waals surface area contributed by atoms with Crippen molar-refractivity contribution in [2.45, 2.75) is 63.2 Å². The van der Waals surface area contributed by atoms with Gasteiger partial charge in [0.1, 0.15) is 23.9 Å². The Kier molecular flexibility index (Phi) is 11.9. The number of piperazine rings is 1. The number of thiocarbonyl (C=S) groups is 1. The average Bonchev–Trinajstić information content (AvgIpc) is 4.00. The first kappa shape index (κ1) is 41.9. The van der Waals surface area contributed by atoms with Crippen molar-refractivity contribution in [3.63, 3.8) is 0 Å². The quantitative estimate of drug-likeness (QED) is 0.148. The van der Waals surface area contributed by atoms with Crippen molar-refractivity contribution in [1.29, 1.82) is 5.26 Å². The number of halogens is 4. The Morgan fingerprint density at radius 2 is 1.68 bits per heavy atom. The van der Waals surface area contributed by atoms with Crippen LogP contribution in [-0.4, -0.2) is 96.0 Å². The van der Waals surface area contributed by atoms with E-state index in [0.29, 0.717) is 54.7 Å². The molecule has 7 rings (SSSR count). The molecule has 0 aromatic heterocycles. The highest BCUT2D eigenvalue weighted by atomic mass is 35.5. The van der Waals surface area contributed by atoms with Crippen LogP contribution in [0.4, 0.5) is 35.9 Å². The van der Waals surface area contributed by atoms with Gasteiger partial charge in [-0.2, -0.15) is 18.4 Å². The first-order valence-corrected chi connectivity index (χ1v) is 20.0. The smallest absolute Gasteiger partial charge is 0.417 e. The van der Waals surface area contributed by atoms with E-state index in [1.165, 1.54) is 6.07 Å². The number of anilines is 4. The fourth-order valence-electron chi connectivity index (χ4n) is 7.62. The van der Waals surface area contributed by atoms with Gasteiger partial charge in [0.15, 0.2) is 5.11 Å². The number of piperidine rings is 1. The standard InChI is InChI=1S/C41H42ClF3N8O5S/c1-40(2)38(57)52(29-6-5-25(22-46)32(21-29)41(43,44)45)39(59)53(40)30-7-9-34(31(20-30)24-3-4-24)58-16-15-50-11-13-51(14-12-50)23-36(55)48-28-18-26(42)17-27(19-28)47-33-8-10-35(54)49-37(33)56/h5-7,9,17-21,24,33,47H,3-4,8,10-16,23H2,1-2H3,(H,48,55)(H,49,54,56). The van der Waals surface area contributed by atoms with Crippen molar-refractivity contribution in [3.05, 3.63) is 76.3 Å². The largest absolute Gasteiger partial charge is 0.492 e. The van der Waals surface area contributed by atoms with Crippen LogP contribution in [0, 0.1) is 11.3 Å². The summed E-state index contributed by atoms with van der Waals surface area (Å²) >= 11 is 12.0. The molecule has 0 spiro atoms. The second-order valence-electron chi connectivity index (χ2n) is 15.5. The molecular formula is C41H42ClF3N8O5S. The summed E-state index contributed by atoms with van der Waals surface area (Å²) in [7, 11) is 0. The molecule has 4 amide bonds. The van der Waals surface area contributed by atoms with Crippen molar-refractivity contribution in [3.8, 4) is 11.8 Å². The number of hydrogen-bond donors (Lipinski definition) is 3. The molecule has 3 saturated heterocycles. The summed E-state index contributed by atoms with van der Waals surface area (Å²) in [6.07, 6.45) is -2.27. The van der Waals surface area contributed by atoms with E-state index >= 15 is 0 Å². The normalized spacial score (nSPS) is 20.1. The summed E-state index contributed by atoms with van der Waals surface area (Å²) in [5.41, 5.74) is -0.338. The number of ether oxygens (including phenoxy) is 1. The molecule has 4 fully saturated rings. The molecule has 310 valence electrons. The average molecular weight is 851 g/mol. The zero-order valence-corrected chi connectivity index (χ0v) is 33.9. The van der Waals surface area contributed by atoms with E-state index in [1.807, 2.05) is 12.1 Å². The molecule has 0 bridgehead atoms. The first-order valence-electron chi connectivity index (χ1n) is 19.2. The minimum absolute atomic E-state index is 0.0304. The lowest BCUT2D eigenvalue weighted by Gasteiger charge is -2.34. The molecule has 3 heterocycles. The number of carbonyl (C=O) groups excluding carboxylic acids is 4. The van der Waals surface area contributed by atoms with Crippen molar-refractivity contribution in [2.24, 2.45) is 0 Å². The number of rotatable bonds is 12. The highest BCUT2D eigenvalue weighted by Gasteiger charge is 2.51. The molecule has 1 aliphatic carbocycles. The van der Waals surface area contributed by atoms with Gasteiger partial charge in [0.2, 0.25) is 17.7 Å². The molecule has 3 aliphatic heterocycles. The van der Waals surface area contributed by atoms with Gasteiger partial charge in [0, 0.05) is 61.2 Å². The van der Waals surface area contributed by atoms with Gasteiger partial charge in [-0.1, -0.05) is 11.6 Å². The monoisotopic (exact) mass is 850 g/mol. The lowest BCUT2D eigenvalue weighted by molar-refractivity contribution is -0.138. The zero-order valence-electron chi connectivity index (χ0n) is 32.3. The Bertz CT molecular complexity index is 2240. The van der Waals surface area contributed by atoms with Gasteiger partial charge in [-0.3, -0.25) is 39.2 Å². The number of carbonyl (C=O) groups is 4. The predicted molar refractivity (Wildman–Crippen MR) is 219 cm³/mol. The van der Waals surface area contributed by atoms with Gasteiger partial charge in [-0.05, 0) is 111 Å². The van der Waals surface area contributed by atoms with Gasteiger partial charge >= 0.3 is 6.18 Å². The van der Waals surface area contributed by atoms with Crippen LogP contribution in [-0.2, 0) is 25.4 Å². The third-order valence-electron chi connectivity index (χ3n) is 10.9. The summed E-state index contributed by atoms with van der Waals surface area (Å²) in [6.45, 7) is 7.43. The van der Waals surface area contributed by atoms with Crippen LogP contribution in [0.15, 0.2) is 54.6 Å². The summed E-state index contributed by atoms with van der Waals surface area (Å²) < 4.78 is 47.7. The van der Waals surface area contributed by atoms with Crippen LogP contribution >= 0.6 is 23.8 Å². The molecule has 3 N–H and O–H groups in total. The minimum atomic E-state index is -4.80. The van der Waals surface area contributed by atoms with E-state index in [1.54, 1.807) is 49.1 Å². The first-order chi connectivity index (χ1) is 28.0. The van der Waals surface area contributed by atoms with Crippen molar-refractivity contribution < 1.29 is 37.1 Å². The Balaban J connectivity index is 0.919. The lowest BCUT2D eigenvalue weighted by Crippen LogP contribution is -2.49. The van der Waals surface area contributed by atoms with Gasteiger partial charge in [-0.15, -0.1) is 0 Å². The SMILES string of the molecule is CC1(C)C(=O)N(c2ccc(C#N)c(C(F)(F)F)c2)C(=S)N1c1ccc(OCCN2CCN(CC(=O)Nc3cc(Cl)cc(NC4CCC(=O)NC4=O)c3)CC2)c(C2CC2)c1. The van der Waals surface area contributed by atoms with Crippen LogP contribution in [0.25, 0.3) is 0 Å². The highest BCUT2D eigenvalue weighted by Crippen LogP contribution is 2.47. The Morgan fingerprint density at radius 1 is 0.983 bits per heavy atom. The molecule has 1 unspecified atom stereocenters. The van der Waals surface area contributed by atoms with E-state index in [-0.39, 0.29) is 41.5 Å². The molecule has 13 nitrogen and oxygen atoms in total. The second-order valence-corrected chi connectivity index (χ2v) is 16.3. The molecule has 1 atom stereocenters. The maximum atomic E-state index is 13.8. The number of amides is 4. The van der Waals surface area contributed by atoms with E-state index in [2.05, 4.69) is 25.8 Å². The van der Waals surface area contributed by atoms with Gasteiger partial charge < -0.3 is 20.3 Å². The van der Waals surface area contributed by atoms with Crippen LogP contribution < -0.4 is 30.5 Å². The molecule has 3 aromatic rings. The topological polar surface area (TPSA) is 150 Å². The Morgan fingerprint density at radius 3 is 2.36 bits per heavy atom. The number of alkyl halides is 3. The van der Waals surface area contributed by atoms with Crippen LogP contribution in [0.1, 0.15) is 62.1 Å². The minimum Gasteiger partial charge on any atom is -0.492 e. The number of hydrogen-bond acceptors (Lipinski definition) is 10. The fourth-order valence-corrected chi connectivity index (χ4v) is 8.37. The van der Waals surface area contributed by atoms with E-state index in [0.717, 1.165) is 54.3 Å². The van der Waals surface area contributed by atoms with Crippen LogP contribution in [0.5, 0.6) is 5.75 Å². The van der Waals surface area contributed by atoms with E-state index < -0.39 is 40.7 Å². The number of benzene rings is 3. The van der Waals surface area contributed by atoms with Crippen LogP contribution in [0.2, 0.25) is 5.02 Å². The van der Waals surface area contributed by atoms with Gasteiger partial charge in [0.25, 0.3) is 5.91 Å². The van der Waals surface area contributed by atoms with E-state index in [4.69, 9.17) is 28.6 Å². The highest BCUT2D eigenvalue weighted by molar-refractivity contribution is 7.81. The molecule has 3 aromatic carbocycles. The third-order valence-corrected chi connectivity index (χ3v) is 11.5. The molecular weight excluding hydrogens is 809 g/mol. The van der Waals surface area contributed by atoms with Crippen LogP contribution in [0.3, 0.4) is 0 Å². The van der Waals surface area contributed by atoms with Crippen molar-refractivity contribution in [2.75, 3.05) is 66.3 Å². The van der Waals surface area contributed by atoms with E-state index in [9.17, 15) is 37.6 Å². The molecule has 59 heavy (non-hydrogen) atoms. The fraction of sp³-hybridized carbons (Fsp3) is 0.415. The van der Waals surface area contributed by atoms with Gasteiger partial charge in [0.05, 0.1) is 29.4 Å². The summed E-state index contributed by atoms with van der Waals surface area (Å²) in [4.78, 5) is 57.5. The third kappa shape index (κ3) is 9.31. The van der Waals surface area contributed by atoms with Crippen molar-refractivity contribution in [1.82, 2.24) is 15.1 Å². The maximum absolute atomic E-state index is 13.8.